The van der Waals surface area contributed by atoms with Gasteiger partial charge in [-0.1, -0.05) is 23.9 Å². The maximum Gasteiger partial charge on any atom is 0.276 e. The van der Waals surface area contributed by atoms with Crippen molar-refractivity contribution in [3.8, 4) is 5.75 Å². The summed E-state index contributed by atoms with van der Waals surface area (Å²) in [6.07, 6.45) is 4.01. The van der Waals surface area contributed by atoms with E-state index in [1.165, 1.54) is 11.9 Å². The van der Waals surface area contributed by atoms with Gasteiger partial charge in [-0.15, -0.1) is 10.2 Å². The van der Waals surface area contributed by atoms with Crippen molar-refractivity contribution in [2.24, 2.45) is 0 Å². The van der Waals surface area contributed by atoms with Crippen LogP contribution in [0.1, 0.15) is 11.5 Å². The van der Waals surface area contributed by atoms with Gasteiger partial charge in [-0.05, 0) is 24.1 Å². The van der Waals surface area contributed by atoms with Crippen LogP contribution in [-0.4, -0.2) is 37.8 Å². The topological polar surface area (TPSA) is 78.9 Å². The van der Waals surface area contributed by atoms with Gasteiger partial charge in [0.1, 0.15) is 24.9 Å². The highest BCUT2D eigenvalue weighted by Crippen LogP contribution is 2.19. The van der Waals surface area contributed by atoms with Gasteiger partial charge >= 0.3 is 0 Å². The first-order chi connectivity index (χ1) is 10.8. The monoisotopic (exact) mass is 317 g/mol. The fourth-order valence-corrected chi connectivity index (χ4v) is 2.63. The van der Waals surface area contributed by atoms with Crippen molar-refractivity contribution in [1.29, 1.82) is 0 Å². The van der Waals surface area contributed by atoms with Gasteiger partial charge in [-0.3, -0.25) is 0 Å². The largest absolute Gasteiger partial charge is 0.497 e. The Morgan fingerprint density at radius 2 is 2.09 bits per heavy atom. The van der Waals surface area contributed by atoms with Gasteiger partial charge in [0, 0.05) is 5.75 Å². The van der Waals surface area contributed by atoms with Crippen LogP contribution in [0.15, 0.2) is 46.6 Å². The molecular weight excluding hydrogens is 302 g/mol. The summed E-state index contributed by atoms with van der Waals surface area (Å²) in [5.74, 6) is 2.26. The van der Waals surface area contributed by atoms with E-state index in [1.54, 1.807) is 29.9 Å². The summed E-state index contributed by atoms with van der Waals surface area (Å²) in [5, 5.41) is 12.6. The molecule has 3 rings (SSSR count). The third-order valence-corrected chi connectivity index (χ3v) is 3.81. The minimum Gasteiger partial charge on any atom is -0.497 e. The Morgan fingerprint density at radius 1 is 1.23 bits per heavy atom. The number of benzene rings is 1. The molecular formula is C14H15N5O2S. The molecule has 0 spiro atoms. The number of thioether (sulfide) groups is 1. The van der Waals surface area contributed by atoms with Crippen LogP contribution < -0.4 is 4.74 Å². The lowest BCUT2D eigenvalue weighted by Gasteiger charge is -2.02. The van der Waals surface area contributed by atoms with E-state index < -0.39 is 0 Å². The van der Waals surface area contributed by atoms with E-state index in [-0.39, 0.29) is 0 Å². The molecule has 3 aromatic rings. The number of hydrogen-bond acceptors (Lipinski definition) is 7. The van der Waals surface area contributed by atoms with Gasteiger partial charge in [0.2, 0.25) is 5.89 Å². The zero-order valence-electron chi connectivity index (χ0n) is 12.0. The van der Waals surface area contributed by atoms with E-state index in [0.29, 0.717) is 17.7 Å². The molecule has 0 aliphatic rings. The molecule has 0 saturated carbocycles. The molecule has 0 saturated heterocycles. The molecule has 0 aliphatic carbocycles. The lowest BCUT2D eigenvalue weighted by atomic mass is 10.2. The van der Waals surface area contributed by atoms with Gasteiger partial charge in [-0.2, -0.15) is 5.10 Å². The zero-order chi connectivity index (χ0) is 15.2. The molecule has 0 fully saturated rings. The second kappa shape index (κ2) is 7.08. The second-order valence-electron chi connectivity index (χ2n) is 4.50. The fraction of sp³-hybridized carbons (Fsp3) is 0.286. The summed E-state index contributed by atoms with van der Waals surface area (Å²) in [6, 6.07) is 8.04. The molecule has 8 heteroatoms. The normalized spacial score (nSPS) is 10.8. The van der Waals surface area contributed by atoms with Crippen molar-refractivity contribution in [3.05, 3.63) is 48.4 Å². The molecule has 0 unspecified atom stereocenters. The average Bonchev–Trinajstić information content (AvgIpc) is 3.21. The van der Waals surface area contributed by atoms with Crippen molar-refractivity contribution in [2.75, 3.05) is 12.9 Å². The number of aryl methyl sites for hydroxylation is 1. The van der Waals surface area contributed by atoms with Crippen LogP contribution >= 0.6 is 11.8 Å². The van der Waals surface area contributed by atoms with E-state index in [9.17, 15) is 0 Å². The van der Waals surface area contributed by atoms with E-state index in [2.05, 4.69) is 32.4 Å². The highest BCUT2D eigenvalue weighted by atomic mass is 32.2. The molecule has 0 aliphatic heterocycles. The van der Waals surface area contributed by atoms with Crippen LogP contribution in [0.25, 0.3) is 0 Å². The maximum atomic E-state index is 5.56. The average molecular weight is 317 g/mol. The first-order valence-corrected chi connectivity index (χ1v) is 7.72. The summed E-state index contributed by atoms with van der Waals surface area (Å²) in [4.78, 5) is 3.87. The van der Waals surface area contributed by atoms with Crippen LogP contribution in [0, 0.1) is 0 Å². The Balaban J connectivity index is 1.48. The summed E-state index contributed by atoms with van der Waals surface area (Å²) >= 11 is 1.54. The Labute approximate surface area is 131 Å². The number of ether oxygens (including phenoxy) is 1. The summed E-state index contributed by atoms with van der Waals surface area (Å²) in [7, 11) is 1.66. The minimum atomic E-state index is 0.437. The predicted octanol–water partition coefficient (Wildman–Crippen LogP) is 2.05. The predicted molar refractivity (Wildman–Crippen MR) is 80.8 cm³/mol. The molecule has 0 atom stereocenters. The molecule has 22 heavy (non-hydrogen) atoms. The van der Waals surface area contributed by atoms with Gasteiger partial charge in [0.05, 0.1) is 7.11 Å². The lowest BCUT2D eigenvalue weighted by Crippen LogP contribution is -1.99. The number of nitrogens with zero attached hydrogens (tertiary/aromatic N) is 5. The highest BCUT2D eigenvalue weighted by Gasteiger charge is 2.07. The lowest BCUT2D eigenvalue weighted by molar-refractivity contribution is 0.397. The molecule has 7 nitrogen and oxygen atoms in total. The Bertz CT molecular complexity index is 696. The third-order valence-electron chi connectivity index (χ3n) is 2.99. The SMILES string of the molecule is COc1ccc(CCSc2nnc(Cn3cncn3)o2)cc1. The maximum absolute atomic E-state index is 5.56. The van der Waals surface area contributed by atoms with Crippen molar-refractivity contribution in [1.82, 2.24) is 25.0 Å². The van der Waals surface area contributed by atoms with Crippen LogP contribution in [0.5, 0.6) is 5.75 Å². The Morgan fingerprint density at radius 3 is 2.82 bits per heavy atom. The van der Waals surface area contributed by atoms with Crippen LogP contribution in [0.2, 0.25) is 0 Å². The standard InChI is InChI=1S/C14H15N5O2S/c1-20-12-4-2-11(3-5-12)6-7-22-14-18-17-13(21-14)8-19-10-15-9-16-19/h2-5,9-10H,6-8H2,1H3. The number of aromatic nitrogens is 5. The van der Waals surface area contributed by atoms with Gasteiger partial charge in [-0.25, -0.2) is 9.67 Å². The van der Waals surface area contributed by atoms with Crippen molar-refractivity contribution in [2.45, 2.75) is 18.2 Å². The Hall–Kier alpha value is -2.35. The number of rotatable bonds is 7. The minimum absolute atomic E-state index is 0.437. The number of hydrogen-bond donors (Lipinski definition) is 0. The van der Waals surface area contributed by atoms with Crippen LogP contribution in [0.3, 0.4) is 0 Å². The first-order valence-electron chi connectivity index (χ1n) is 6.74. The van der Waals surface area contributed by atoms with Crippen LogP contribution in [0.4, 0.5) is 0 Å². The van der Waals surface area contributed by atoms with E-state index in [1.807, 2.05) is 12.1 Å². The fourth-order valence-electron chi connectivity index (χ4n) is 1.86. The molecule has 0 bridgehead atoms. The van der Waals surface area contributed by atoms with Gasteiger partial charge in [0.25, 0.3) is 5.22 Å². The van der Waals surface area contributed by atoms with Crippen LogP contribution in [-0.2, 0) is 13.0 Å². The smallest absolute Gasteiger partial charge is 0.276 e. The number of methoxy groups -OCH3 is 1. The molecule has 0 amide bonds. The van der Waals surface area contributed by atoms with E-state index in [4.69, 9.17) is 9.15 Å². The molecule has 1 aromatic carbocycles. The summed E-state index contributed by atoms with van der Waals surface area (Å²) < 4.78 is 12.3. The second-order valence-corrected chi connectivity index (χ2v) is 5.55. The highest BCUT2D eigenvalue weighted by molar-refractivity contribution is 7.99. The third kappa shape index (κ3) is 3.85. The molecule has 0 radical (unpaired) electrons. The van der Waals surface area contributed by atoms with Crippen molar-refractivity contribution in [3.63, 3.8) is 0 Å². The van der Waals surface area contributed by atoms with Crippen molar-refractivity contribution < 1.29 is 9.15 Å². The first kappa shape index (κ1) is 14.6. The summed E-state index contributed by atoms with van der Waals surface area (Å²) in [6.45, 7) is 0.437. The van der Waals surface area contributed by atoms with Crippen molar-refractivity contribution >= 4 is 11.8 Å². The zero-order valence-corrected chi connectivity index (χ0v) is 12.9. The molecule has 2 aromatic heterocycles. The summed E-state index contributed by atoms with van der Waals surface area (Å²) in [5.41, 5.74) is 1.25. The quantitative estimate of drug-likeness (QED) is 0.617. The van der Waals surface area contributed by atoms with Gasteiger partial charge in [0.15, 0.2) is 0 Å². The molecule has 114 valence electrons. The van der Waals surface area contributed by atoms with Gasteiger partial charge < -0.3 is 9.15 Å². The Kier molecular flexibility index (Phi) is 4.69. The molecule has 0 N–H and O–H groups in total. The van der Waals surface area contributed by atoms with E-state index >= 15 is 0 Å². The molecule has 2 heterocycles. The van der Waals surface area contributed by atoms with E-state index in [0.717, 1.165) is 17.9 Å².